The zero-order valence-corrected chi connectivity index (χ0v) is 25.7. The number of aromatic carboxylic acids is 1. The van der Waals surface area contributed by atoms with Gasteiger partial charge in [0.15, 0.2) is 0 Å². The number of likely N-dealkylation sites (N-methyl/N-ethyl adjacent to an activating group) is 1. The average molecular weight is 587 g/mol. The Hall–Kier alpha value is -3.20. The normalized spacial score (nSPS) is 16.3. The molecule has 1 N–H and O–H groups in total. The number of hydrogen-bond acceptors (Lipinski definition) is 6. The summed E-state index contributed by atoms with van der Waals surface area (Å²) >= 11 is 1.47. The molecule has 1 saturated carbocycles. The number of hydrogen-bond donors (Lipinski definition) is 1. The fourth-order valence-corrected chi connectivity index (χ4v) is 7.92. The van der Waals surface area contributed by atoms with Crippen molar-refractivity contribution in [2.24, 2.45) is 0 Å². The van der Waals surface area contributed by atoms with Gasteiger partial charge < -0.3 is 19.3 Å². The van der Waals surface area contributed by atoms with Crippen molar-refractivity contribution in [3.8, 4) is 17.0 Å². The van der Waals surface area contributed by atoms with E-state index in [4.69, 9.17) is 4.74 Å². The van der Waals surface area contributed by atoms with Gasteiger partial charge in [-0.05, 0) is 73.3 Å². The summed E-state index contributed by atoms with van der Waals surface area (Å²) in [6, 6.07) is 12.5. The maximum atomic E-state index is 12.1. The maximum Gasteiger partial charge on any atom is 0.345 e. The molecule has 0 spiro atoms. The molecule has 0 unspecified atom stereocenters. The molecular formula is C34H42N4O3S. The molecule has 4 heterocycles. The molecule has 3 aromatic heterocycles. The summed E-state index contributed by atoms with van der Waals surface area (Å²) in [5.74, 6) is 0.502. The Labute approximate surface area is 252 Å². The molecule has 7 nitrogen and oxygen atoms in total. The molecule has 222 valence electrons. The molecule has 1 aliphatic carbocycles. The Morgan fingerprint density at radius 3 is 2.69 bits per heavy atom. The second-order valence-corrected chi connectivity index (χ2v) is 12.7. The number of carboxylic acids is 1. The highest BCUT2D eigenvalue weighted by atomic mass is 32.1. The Balaban J connectivity index is 1.44. The highest BCUT2D eigenvalue weighted by molar-refractivity contribution is 7.21. The van der Waals surface area contributed by atoms with Crippen LogP contribution >= 0.6 is 11.3 Å². The zero-order chi connectivity index (χ0) is 29.1. The number of carboxylic acid groups (broad SMARTS) is 1. The van der Waals surface area contributed by atoms with Crippen LogP contribution < -0.4 is 4.74 Å². The molecule has 42 heavy (non-hydrogen) atoms. The fraction of sp³-hybridized carbons (Fsp3) is 0.471. The number of benzene rings is 1. The molecule has 4 aromatic rings. The minimum absolute atomic E-state index is 0.437. The quantitative estimate of drug-likeness (QED) is 0.211. The van der Waals surface area contributed by atoms with E-state index in [9.17, 15) is 9.90 Å². The minimum atomic E-state index is -0.831. The lowest BCUT2D eigenvalue weighted by atomic mass is 9.82. The van der Waals surface area contributed by atoms with Crippen LogP contribution in [0.4, 0.5) is 0 Å². The van der Waals surface area contributed by atoms with Gasteiger partial charge in [-0.3, -0.25) is 9.88 Å². The molecule has 0 saturated heterocycles. The highest BCUT2D eigenvalue weighted by Crippen LogP contribution is 2.48. The second kappa shape index (κ2) is 13.0. The number of fused-ring (bicyclic) bond motifs is 5. The number of rotatable bonds is 10. The number of aromatic nitrogens is 2. The Bertz CT molecular complexity index is 1520. The van der Waals surface area contributed by atoms with Crippen molar-refractivity contribution >= 4 is 27.5 Å². The topological polar surface area (TPSA) is 70.8 Å². The monoisotopic (exact) mass is 586 g/mol. The first-order valence-electron chi connectivity index (χ1n) is 15.5. The van der Waals surface area contributed by atoms with Crippen LogP contribution in [0, 0.1) is 0 Å². The van der Waals surface area contributed by atoms with Crippen molar-refractivity contribution in [3.63, 3.8) is 0 Å². The van der Waals surface area contributed by atoms with Crippen LogP contribution in [0.2, 0.25) is 0 Å². The smallest absolute Gasteiger partial charge is 0.345 e. The molecule has 0 radical (unpaired) electrons. The molecular weight excluding hydrogens is 544 g/mol. The van der Waals surface area contributed by atoms with E-state index < -0.39 is 5.97 Å². The Kier molecular flexibility index (Phi) is 8.93. The number of pyridine rings is 1. The van der Waals surface area contributed by atoms with Crippen molar-refractivity contribution in [1.29, 1.82) is 0 Å². The summed E-state index contributed by atoms with van der Waals surface area (Å²) < 4.78 is 9.90. The van der Waals surface area contributed by atoms with E-state index in [1.807, 2.05) is 24.4 Å². The van der Waals surface area contributed by atoms with E-state index in [1.165, 1.54) is 70.5 Å². The van der Waals surface area contributed by atoms with Crippen molar-refractivity contribution in [2.75, 3.05) is 32.7 Å². The van der Waals surface area contributed by atoms with Gasteiger partial charge in [-0.15, -0.1) is 11.3 Å². The molecule has 1 aromatic carbocycles. The van der Waals surface area contributed by atoms with Crippen LogP contribution in [0.5, 0.6) is 5.75 Å². The molecule has 0 atom stereocenters. The molecule has 1 fully saturated rings. The van der Waals surface area contributed by atoms with Crippen LogP contribution in [0.3, 0.4) is 0 Å². The first-order chi connectivity index (χ1) is 20.6. The third-order valence-electron chi connectivity index (χ3n) is 9.12. The third-order valence-corrected chi connectivity index (χ3v) is 10.3. The van der Waals surface area contributed by atoms with Crippen LogP contribution in [-0.4, -0.2) is 63.2 Å². The van der Waals surface area contributed by atoms with E-state index in [1.54, 1.807) is 6.20 Å². The maximum absolute atomic E-state index is 12.1. The van der Waals surface area contributed by atoms with E-state index in [0.717, 1.165) is 62.6 Å². The molecule has 2 aliphatic rings. The van der Waals surface area contributed by atoms with Crippen molar-refractivity contribution in [2.45, 2.75) is 71.6 Å². The van der Waals surface area contributed by atoms with Gasteiger partial charge >= 0.3 is 5.97 Å². The molecule has 0 bridgehead atoms. The van der Waals surface area contributed by atoms with E-state index >= 15 is 0 Å². The Morgan fingerprint density at radius 1 is 1.12 bits per heavy atom. The standard InChI is InChI=1S/C34H42N4O3S/c1-3-36(4-2)15-16-37-17-18-38-29-20-30(34(39)40)42-33(29)31(25-10-6-5-7-11-25)32(38)28-13-12-27(19-26(28)22-37)41-23-24-9-8-14-35-21-24/h8-9,12-14,19-21,25H,3-7,10-11,15-18,22-23H2,1-2H3,(H,39,40). The van der Waals surface area contributed by atoms with Gasteiger partial charge in [-0.2, -0.15) is 0 Å². The molecule has 8 heteroatoms. The summed E-state index contributed by atoms with van der Waals surface area (Å²) in [5, 5.41) is 9.91. The van der Waals surface area contributed by atoms with Gasteiger partial charge in [0.05, 0.1) is 15.9 Å². The van der Waals surface area contributed by atoms with Crippen LogP contribution in [0.25, 0.3) is 21.5 Å². The van der Waals surface area contributed by atoms with Crippen LogP contribution in [0.15, 0.2) is 48.8 Å². The van der Waals surface area contributed by atoms with Crippen molar-refractivity contribution in [1.82, 2.24) is 19.4 Å². The largest absolute Gasteiger partial charge is 0.489 e. The summed E-state index contributed by atoms with van der Waals surface area (Å²) in [6.45, 7) is 11.7. The lowest BCUT2D eigenvalue weighted by Gasteiger charge is -2.31. The second-order valence-electron chi connectivity index (χ2n) is 11.7. The van der Waals surface area contributed by atoms with Gasteiger partial charge in [0.2, 0.25) is 0 Å². The van der Waals surface area contributed by atoms with E-state index in [2.05, 4.69) is 51.4 Å². The van der Waals surface area contributed by atoms with Gasteiger partial charge in [-0.1, -0.05) is 39.2 Å². The first kappa shape index (κ1) is 28.9. The van der Waals surface area contributed by atoms with Gasteiger partial charge in [-0.25, -0.2) is 4.79 Å². The first-order valence-corrected chi connectivity index (χ1v) is 16.4. The number of ether oxygens (including phenoxy) is 1. The highest BCUT2D eigenvalue weighted by Gasteiger charge is 2.31. The molecule has 0 amide bonds. The lowest BCUT2D eigenvalue weighted by molar-refractivity contribution is 0.0702. The van der Waals surface area contributed by atoms with Crippen molar-refractivity contribution in [3.05, 3.63) is 70.4 Å². The predicted molar refractivity (Wildman–Crippen MR) is 170 cm³/mol. The average Bonchev–Trinajstić information content (AvgIpc) is 3.57. The number of carbonyl (C=O) groups is 1. The third kappa shape index (κ3) is 5.98. The Morgan fingerprint density at radius 2 is 1.95 bits per heavy atom. The molecule has 1 aliphatic heterocycles. The minimum Gasteiger partial charge on any atom is -0.489 e. The SMILES string of the molecule is CCN(CC)CCN1CCn2c(c(C3CCCCC3)c3sc(C(=O)O)cc32)-c2ccc(OCc3cccnc3)cc2C1. The summed E-state index contributed by atoms with van der Waals surface area (Å²) in [7, 11) is 0. The van der Waals surface area contributed by atoms with Gasteiger partial charge in [0.25, 0.3) is 0 Å². The summed E-state index contributed by atoms with van der Waals surface area (Å²) in [4.78, 5) is 21.8. The summed E-state index contributed by atoms with van der Waals surface area (Å²) in [5.41, 5.74) is 7.35. The van der Waals surface area contributed by atoms with Crippen LogP contribution in [0.1, 0.15) is 78.2 Å². The zero-order valence-electron chi connectivity index (χ0n) is 24.8. The molecule has 6 rings (SSSR count). The lowest BCUT2D eigenvalue weighted by Crippen LogP contribution is -2.37. The van der Waals surface area contributed by atoms with Gasteiger partial charge in [0, 0.05) is 56.2 Å². The number of nitrogens with zero attached hydrogens (tertiary/aromatic N) is 4. The van der Waals surface area contributed by atoms with E-state index in [-0.39, 0.29) is 0 Å². The van der Waals surface area contributed by atoms with Crippen molar-refractivity contribution < 1.29 is 14.6 Å². The number of thiophene rings is 1. The van der Waals surface area contributed by atoms with Gasteiger partial charge in [0.1, 0.15) is 17.2 Å². The summed E-state index contributed by atoms with van der Waals surface area (Å²) in [6.07, 6.45) is 9.74. The predicted octanol–water partition coefficient (Wildman–Crippen LogP) is 7.25. The van der Waals surface area contributed by atoms with Crippen LogP contribution in [-0.2, 0) is 19.7 Å². The fourth-order valence-electron chi connectivity index (χ4n) is 6.79. The van der Waals surface area contributed by atoms with E-state index in [0.29, 0.717) is 17.4 Å².